The molecule has 1 aliphatic carbocycles. The molecule has 0 amide bonds. The lowest BCUT2D eigenvalue weighted by Gasteiger charge is -2.30. The molecule has 2 N–H and O–H groups in total. The monoisotopic (exact) mass is 290 g/mol. The van der Waals surface area contributed by atoms with E-state index in [2.05, 4.69) is 43.2 Å². The van der Waals surface area contributed by atoms with Crippen molar-refractivity contribution in [3.8, 4) is 5.75 Å². The Kier molecular flexibility index (Phi) is 5.92. The Morgan fingerprint density at radius 2 is 1.90 bits per heavy atom. The summed E-state index contributed by atoms with van der Waals surface area (Å²) in [5.74, 6) is 0.404. The lowest BCUT2D eigenvalue weighted by atomic mass is 10.0. The summed E-state index contributed by atoms with van der Waals surface area (Å²) in [6.07, 6.45) is 7.94. The van der Waals surface area contributed by atoms with Crippen molar-refractivity contribution >= 4 is 5.69 Å². The Hall–Kier alpha value is -1.22. The van der Waals surface area contributed by atoms with Gasteiger partial charge in [-0.3, -0.25) is 0 Å². The molecule has 0 bridgehead atoms. The smallest absolute Gasteiger partial charge is 0.122 e. The minimum atomic E-state index is 0.187. The van der Waals surface area contributed by atoms with E-state index in [-0.39, 0.29) is 6.04 Å². The molecule has 118 valence electrons. The molecule has 0 heterocycles. The van der Waals surface area contributed by atoms with Crippen LogP contribution in [0, 0.1) is 0 Å². The number of phenols is 1. The van der Waals surface area contributed by atoms with Crippen LogP contribution in [-0.2, 0) is 0 Å². The number of benzene rings is 1. The van der Waals surface area contributed by atoms with Crippen LogP contribution in [0.3, 0.4) is 0 Å². The molecule has 1 aromatic carbocycles. The van der Waals surface area contributed by atoms with E-state index in [1.54, 1.807) is 0 Å². The minimum Gasteiger partial charge on any atom is -0.508 e. The van der Waals surface area contributed by atoms with Gasteiger partial charge >= 0.3 is 0 Å². The van der Waals surface area contributed by atoms with Gasteiger partial charge in [0.25, 0.3) is 0 Å². The van der Waals surface area contributed by atoms with E-state index in [0.29, 0.717) is 11.8 Å². The number of anilines is 1. The maximum absolute atomic E-state index is 10.3. The molecule has 3 nitrogen and oxygen atoms in total. The number of aromatic hydroxyl groups is 1. The number of hydrogen-bond acceptors (Lipinski definition) is 3. The van der Waals surface area contributed by atoms with Crippen molar-refractivity contribution in [2.24, 2.45) is 0 Å². The average Bonchev–Trinajstić information content (AvgIpc) is 2.75. The van der Waals surface area contributed by atoms with Gasteiger partial charge in [-0.25, -0.2) is 0 Å². The van der Waals surface area contributed by atoms with Crippen LogP contribution in [0.4, 0.5) is 5.69 Å². The Bertz CT molecular complexity index is 439. The third-order valence-corrected chi connectivity index (χ3v) is 4.77. The first-order valence-corrected chi connectivity index (χ1v) is 8.42. The topological polar surface area (TPSA) is 35.5 Å². The predicted molar refractivity (Wildman–Crippen MR) is 90.1 cm³/mol. The SMILES string of the molecule is CCNC(C)c1ccc(N(C)C2CCCCCC2)cc1O. The average molecular weight is 290 g/mol. The van der Waals surface area contributed by atoms with Crippen molar-refractivity contribution < 1.29 is 5.11 Å². The fourth-order valence-corrected chi connectivity index (χ4v) is 3.39. The molecular formula is C18H30N2O. The molecule has 21 heavy (non-hydrogen) atoms. The van der Waals surface area contributed by atoms with Crippen LogP contribution in [0.25, 0.3) is 0 Å². The highest BCUT2D eigenvalue weighted by atomic mass is 16.3. The maximum atomic E-state index is 10.3. The molecule has 1 fully saturated rings. The van der Waals surface area contributed by atoms with Gasteiger partial charge in [0, 0.05) is 36.4 Å². The first-order chi connectivity index (χ1) is 10.1. The van der Waals surface area contributed by atoms with E-state index in [9.17, 15) is 5.11 Å². The van der Waals surface area contributed by atoms with Gasteiger partial charge in [0.2, 0.25) is 0 Å². The highest BCUT2D eigenvalue weighted by molar-refractivity contribution is 5.54. The summed E-state index contributed by atoms with van der Waals surface area (Å²) in [4.78, 5) is 2.35. The first kappa shape index (κ1) is 16.2. The van der Waals surface area contributed by atoms with Crippen LogP contribution in [-0.4, -0.2) is 24.7 Å². The van der Waals surface area contributed by atoms with Crippen LogP contribution in [0.5, 0.6) is 5.75 Å². The van der Waals surface area contributed by atoms with Gasteiger partial charge in [-0.2, -0.15) is 0 Å². The zero-order chi connectivity index (χ0) is 15.2. The van der Waals surface area contributed by atoms with E-state index in [1.807, 2.05) is 6.07 Å². The van der Waals surface area contributed by atoms with Crippen LogP contribution >= 0.6 is 0 Å². The van der Waals surface area contributed by atoms with Crippen molar-refractivity contribution in [3.63, 3.8) is 0 Å². The summed E-state index contributed by atoms with van der Waals surface area (Å²) in [5, 5.41) is 13.7. The molecule has 1 aliphatic rings. The number of phenolic OH excluding ortho intramolecular Hbond substituents is 1. The third kappa shape index (κ3) is 4.13. The molecule has 0 spiro atoms. The van der Waals surface area contributed by atoms with Gasteiger partial charge in [-0.1, -0.05) is 38.7 Å². The van der Waals surface area contributed by atoms with Crippen LogP contribution < -0.4 is 10.2 Å². The second kappa shape index (κ2) is 7.69. The van der Waals surface area contributed by atoms with Crippen molar-refractivity contribution in [1.29, 1.82) is 0 Å². The quantitative estimate of drug-likeness (QED) is 0.797. The fourth-order valence-electron chi connectivity index (χ4n) is 3.39. The third-order valence-electron chi connectivity index (χ3n) is 4.77. The van der Waals surface area contributed by atoms with Gasteiger partial charge in [0.05, 0.1) is 0 Å². The lowest BCUT2D eigenvalue weighted by Crippen LogP contribution is -2.31. The zero-order valence-electron chi connectivity index (χ0n) is 13.7. The summed E-state index contributed by atoms with van der Waals surface area (Å²) in [7, 11) is 2.16. The molecule has 1 aromatic rings. The summed E-state index contributed by atoms with van der Waals surface area (Å²) in [5.41, 5.74) is 2.11. The molecule has 1 saturated carbocycles. The van der Waals surface area contributed by atoms with Crippen LogP contribution in [0.15, 0.2) is 18.2 Å². The van der Waals surface area contributed by atoms with Gasteiger partial charge in [-0.05, 0) is 32.4 Å². The molecule has 0 aromatic heterocycles. The summed E-state index contributed by atoms with van der Waals surface area (Å²) in [6.45, 7) is 5.08. The Labute approximate surface area is 129 Å². The van der Waals surface area contributed by atoms with Gasteiger partial charge in [0.1, 0.15) is 5.75 Å². The molecule has 0 aliphatic heterocycles. The predicted octanol–water partition coefficient (Wildman–Crippen LogP) is 4.22. The number of hydrogen-bond donors (Lipinski definition) is 2. The second-order valence-electron chi connectivity index (χ2n) is 6.28. The van der Waals surface area contributed by atoms with E-state index in [0.717, 1.165) is 17.8 Å². The van der Waals surface area contributed by atoms with E-state index in [1.165, 1.54) is 38.5 Å². The zero-order valence-corrected chi connectivity index (χ0v) is 13.7. The fraction of sp³-hybridized carbons (Fsp3) is 0.667. The lowest BCUT2D eigenvalue weighted by molar-refractivity contribution is 0.454. The number of nitrogens with one attached hydrogen (secondary N) is 1. The molecule has 1 unspecified atom stereocenters. The standard InChI is InChI=1S/C18H30N2O/c1-4-19-14(2)17-12-11-16(13-18(17)21)20(3)15-9-7-5-6-8-10-15/h11-15,19,21H,4-10H2,1-3H3. The highest BCUT2D eigenvalue weighted by Crippen LogP contribution is 2.31. The van der Waals surface area contributed by atoms with E-state index in [4.69, 9.17) is 0 Å². The van der Waals surface area contributed by atoms with E-state index < -0.39 is 0 Å². The van der Waals surface area contributed by atoms with Crippen molar-refractivity contribution in [3.05, 3.63) is 23.8 Å². The van der Waals surface area contributed by atoms with Gasteiger partial charge < -0.3 is 15.3 Å². The Morgan fingerprint density at radius 1 is 1.24 bits per heavy atom. The minimum absolute atomic E-state index is 0.187. The molecule has 0 saturated heterocycles. The normalized spacial score (nSPS) is 18.2. The summed E-state index contributed by atoms with van der Waals surface area (Å²) >= 11 is 0. The van der Waals surface area contributed by atoms with Gasteiger partial charge in [-0.15, -0.1) is 0 Å². The summed E-state index contributed by atoms with van der Waals surface area (Å²) in [6, 6.07) is 6.93. The maximum Gasteiger partial charge on any atom is 0.122 e. The number of rotatable bonds is 5. The highest BCUT2D eigenvalue weighted by Gasteiger charge is 2.18. The van der Waals surface area contributed by atoms with Crippen molar-refractivity contribution in [2.75, 3.05) is 18.5 Å². The molecule has 1 atom stereocenters. The number of nitrogens with zero attached hydrogens (tertiary/aromatic N) is 1. The Morgan fingerprint density at radius 3 is 2.48 bits per heavy atom. The first-order valence-electron chi connectivity index (χ1n) is 8.42. The molecule has 2 rings (SSSR count). The Balaban J connectivity index is 2.11. The largest absolute Gasteiger partial charge is 0.508 e. The van der Waals surface area contributed by atoms with Crippen LogP contribution in [0.1, 0.15) is 64.0 Å². The summed E-state index contributed by atoms with van der Waals surface area (Å²) < 4.78 is 0. The molecule has 0 radical (unpaired) electrons. The van der Waals surface area contributed by atoms with Gasteiger partial charge in [0.15, 0.2) is 0 Å². The second-order valence-corrected chi connectivity index (χ2v) is 6.28. The van der Waals surface area contributed by atoms with E-state index >= 15 is 0 Å². The van der Waals surface area contributed by atoms with Crippen molar-refractivity contribution in [1.82, 2.24) is 5.32 Å². The molecular weight excluding hydrogens is 260 g/mol. The van der Waals surface area contributed by atoms with Crippen molar-refractivity contribution in [2.45, 2.75) is 64.5 Å². The molecule has 3 heteroatoms. The van der Waals surface area contributed by atoms with Crippen LogP contribution in [0.2, 0.25) is 0 Å².